The van der Waals surface area contributed by atoms with Gasteiger partial charge in [0.25, 0.3) is 5.91 Å². The first-order chi connectivity index (χ1) is 7.99. The van der Waals surface area contributed by atoms with Gasteiger partial charge in [0.2, 0.25) is 0 Å². The second kappa shape index (κ2) is 4.97. The summed E-state index contributed by atoms with van der Waals surface area (Å²) in [5, 5.41) is 0. The van der Waals surface area contributed by atoms with Crippen LogP contribution in [0.5, 0.6) is 0 Å². The molecule has 1 atom stereocenters. The van der Waals surface area contributed by atoms with Crippen molar-refractivity contribution in [3.63, 3.8) is 0 Å². The summed E-state index contributed by atoms with van der Waals surface area (Å²) < 4.78 is 5.48. The van der Waals surface area contributed by atoms with Gasteiger partial charge >= 0.3 is 0 Å². The molecule has 3 heteroatoms. The van der Waals surface area contributed by atoms with Crippen molar-refractivity contribution >= 4 is 5.91 Å². The summed E-state index contributed by atoms with van der Waals surface area (Å²) in [7, 11) is 1.95. The second-order valence-corrected chi connectivity index (χ2v) is 6.35. The molecule has 0 aromatic rings. The van der Waals surface area contributed by atoms with E-state index < -0.39 is 0 Å². The molecule has 1 aliphatic heterocycles. The van der Waals surface area contributed by atoms with Crippen LogP contribution in [0, 0.1) is 5.41 Å². The number of ether oxygens (including phenoxy) is 1. The number of amides is 1. The van der Waals surface area contributed by atoms with Crippen LogP contribution in [0.2, 0.25) is 0 Å². The quantitative estimate of drug-likeness (QED) is 0.741. The number of hydrogen-bond donors (Lipinski definition) is 0. The van der Waals surface area contributed by atoms with Gasteiger partial charge in [-0.3, -0.25) is 4.79 Å². The van der Waals surface area contributed by atoms with E-state index in [4.69, 9.17) is 4.74 Å². The van der Waals surface area contributed by atoms with Crippen molar-refractivity contribution in [1.29, 1.82) is 0 Å². The van der Waals surface area contributed by atoms with E-state index in [1.165, 1.54) is 12.8 Å². The zero-order valence-electron chi connectivity index (χ0n) is 11.4. The highest BCUT2D eigenvalue weighted by molar-refractivity contribution is 5.81. The zero-order valence-corrected chi connectivity index (χ0v) is 11.4. The van der Waals surface area contributed by atoms with E-state index in [9.17, 15) is 4.79 Å². The monoisotopic (exact) mass is 239 g/mol. The lowest BCUT2D eigenvalue weighted by atomic mass is 9.75. The molecule has 98 valence electrons. The molecule has 1 aliphatic carbocycles. The molecule has 0 bridgehead atoms. The van der Waals surface area contributed by atoms with Crippen LogP contribution in [0.15, 0.2) is 0 Å². The lowest BCUT2D eigenvalue weighted by molar-refractivity contribution is -0.142. The van der Waals surface area contributed by atoms with Crippen molar-refractivity contribution in [2.45, 2.75) is 64.5 Å². The van der Waals surface area contributed by atoms with Crippen LogP contribution in [0.1, 0.15) is 52.4 Å². The molecule has 2 aliphatic rings. The molecule has 0 aromatic carbocycles. The molecule has 1 saturated heterocycles. The summed E-state index contributed by atoms with van der Waals surface area (Å²) in [6.45, 7) is 5.40. The third kappa shape index (κ3) is 3.01. The number of rotatable bonds is 2. The van der Waals surface area contributed by atoms with Crippen molar-refractivity contribution in [3.05, 3.63) is 0 Å². The van der Waals surface area contributed by atoms with Gasteiger partial charge in [0, 0.05) is 19.7 Å². The molecule has 1 saturated carbocycles. The van der Waals surface area contributed by atoms with E-state index in [1.807, 2.05) is 11.9 Å². The molecular weight excluding hydrogens is 214 g/mol. The number of carbonyl (C=O) groups excluding carboxylic acids is 1. The highest BCUT2D eigenvalue weighted by Gasteiger charge is 2.34. The van der Waals surface area contributed by atoms with Crippen LogP contribution < -0.4 is 0 Å². The summed E-state index contributed by atoms with van der Waals surface area (Å²) in [5.74, 6) is 0.201. The standard InChI is InChI=1S/C14H25NO2/c1-14(2)8-6-11(7-9-14)15(3)13(16)12-5-4-10-17-12/h11-12H,4-10H2,1-3H3. The largest absolute Gasteiger partial charge is 0.368 e. The first-order valence-corrected chi connectivity index (χ1v) is 6.88. The van der Waals surface area contributed by atoms with Crippen LogP contribution >= 0.6 is 0 Å². The summed E-state index contributed by atoms with van der Waals surface area (Å²) in [5.41, 5.74) is 0.463. The number of hydrogen-bond acceptors (Lipinski definition) is 2. The van der Waals surface area contributed by atoms with E-state index in [0.29, 0.717) is 11.5 Å². The Morgan fingerprint density at radius 1 is 1.24 bits per heavy atom. The van der Waals surface area contributed by atoms with Crippen LogP contribution in [-0.2, 0) is 9.53 Å². The highest BCUT2D eigenvalue weighted by atomic mass is 16.5. The first kappa shape index (κ1) is 12.9. The van der Waals surface area contributed by atoms with Gasteiger partial charge in [-0.15, -0.1) is 0 Å². The molecule has 0 aromatic heterocycles. The number of nitrogens with zero attached hydrogens (tertiary/aromatic N) is 1. The maximum Gasteiger partial charge on any atom is 0.251 e. The first-order valence-electron chi connectivity index (χ1n) is 6.88. The summed E-state index contributed by atoms with van der Waals surface area (Å²) in [6, 6.07) is 0.430. The summed E-state index contributed by atoms with van der Waals surface area (Å²) in [6.07, 6.45) is 6.50. The molecule has 2 rings (SSSR count). The summed E-state index contributed by atoms with van der Waals surface area (Å²) >= 11 is 0. The molecule has 17 heavy (non-hydrogen) atoms. The minimum Gasteiger partial charge on any atom is -0.368 e. The van der Waals surface area contributed by atoms with Crippen molar-refractivity contribution in [3.8, 4) is 0 Å². The lowest BCUT2D eigenvalue weighted by Gasteiger charge is -2.39. The van der Waals surface area contributed by atoms with Crippen LogP contribution in [0.3, 0.4) is 0 Å². The fourth-order valence-electron chi connectivity index (χ4n) is 2.95. The van der Waals surface area contributed by atoms with Gasteiger partial charge in [0.15, 0.2) is 0 Å². The van der Waals surface area contributed by atoms with Gasteiger partial charge < -0.3 is 9.64 Å². The third-order valence-corrected chi connectivity index (χ3v) is 4.41. The molecule has 3 nitrogen and oxygen atoms in total. The van der Waals surface area contributed by atoms with E-state index in [0.717, 1.165) is 32.3 Å². The fourth-order valence-corrected chi connectivity index (χ4v) is 2.95. The van der Waals surface area contributed by atoms with E-state index in [-0.39, 0.29) is 12.0 Å². The van der Waals surface area contributed by atoms with Crippen molar-refractivity contribution in [2.24, 2.45) is 5.41 Å². The van der Waals surface area contributed by atoms with Gasteiger partial charge in [-0.2, -0.15) is 0 Å². The number of likely N-dealkylation sites (N-methyl/N-ethyl adjacent to an activating group) is 1. The van der Waals surface area contributed by atoms with Gasteiger partial charge in [-0.25, -0.2) is 0 Å². The lowest BCUT2D eigenvalue weighted by Crippen LogP contribution is -2.45. The predicted molar refractivity (Wildman–Crippen MR) is 67.8 cm³/mol. The molecule has 0 spiro atoms. The minimum atomic E-state index is -0.157. The zero-order chi connectivity index (χ0) is 12.5. The minimum absolute atomic E-state index is 0.157. The normalized spacial score (nSPS) is 29.2. The van der Waals surface area contributed by atoms with E-state index >= 15 is 0 Å². The van der Waals surface area contributed by atoms with Crippen molar-refractivity contribution in [2.75, 3.05) is 13.7 Å². The average molecular weight is 239 g/mol. The Hall–Kier alpha value is -0.570. The Kier molecular flexibility index (Phi) is 3.76. The Labute approximate surface area is 105 Å². The van der Waals surface area contributed by atoms with Gasteiger partial charge in [0.05, 0.1) is 0 Å². The van der Waals surface area contributed by atoms with Crippen LogP contribution in [0.25, 0.3) is 0 Å². The SMILES string of the molecule is CN(C(=O)C1CCCO1)C1CCC(C)(C)CC1. The highest BCUT2D eigenvalue weighted by Crippen LogP contribution is 2.36. The smallest absolute Gasteiger partial charge is 0.251 e. The Morgan fingerprint density at radius 2 is 1.88 bits per heavy atom. The molecule has 1 heterocycles. The van der Waals surface area contributed by atoms with Crippen molar-refractivity contribution < 1.29 is 9.53 Å². The molecule has 1 amide bonds. The Morgan fingerprint density at radius 3 is 2.41 bits per heavy atom. The fraction of sp³-hybridized carbons (Fsp3) is 0.929. The molecular formula is C14H25NO2. The maximum atomic E-state index is 12.2. The second-order valence-electron chi connectivity index (χ2n) is 6.35. The Balaban J connectivity index is 1.87. The van der Waals surface area contributed by atoms with Gasteiger partial charge in [-0.1, -0.05) is 13.8 Å². The molecule has 0 radical (unpaired) electrons. The van der Waals surface area contributed by atoms with Gasteiger partial charge in [-0.05, 0) is 43.9 Å². The molecule has 2 fully saturated rings. The average Bonchev–Trinajstić information content (AvgIpc) is 2.80. The van der Waals surface area contributed by atoms with Gasteiger partial charge in [0.1, 0.15) is 6.10 Å². The van der Waals surface area contributed by atoms with Crippen LogP contribution in [-0.4, -0.2) is 36.6 Å². The maximum absolute atomic E-state index is 12.2. The third-order valence-electron chi connectivity index (χ3n) is 4.41. The number of carbonyl (C=O) groups is 1. The van der Waals surface area contributed by atoms with Crippen molar-refractivity contribution in [1.82, 2.24) is 4.90 Å². The summed E-state index contributed by atoms with van der Waals surface area (Å²) in [4.78, 5) is 14.2. The van der Waals surface area contributed by atoms with E-state index in [1.54, 1.807) is 0 Å². The topological polar surface area (TPSA) is 29.5 Å². The molecule has 0 N–H and O–H groups in total. The van der Waals surface area contributed by atoms with Crippen LogP contribution in [0.4, 0.5) is 0 Å². The predicted octanol–water partition coefficient (Wildman–Crippen LogP) is 2.59. The molecule has 1 unspecified atom stereocenters. The van der Waals surface area contributed by atoms with E-state index in [2.05, 4.69) is 13.8 Å². The Bertz CT molecular complexity index is 272.